The van der Waals surface area contributed by atoms with E-state index in [-0.39, 0.29) is 36.5 Å². The summed E-state index contributed by atoms with van der Waals surface area (Å²) in [6.45, 7) is 6.28. The second kappa shape index (κ2) is 10.5. The molecule has 0 aliphatic carbocycles. The predicted octanol–water partition coefficient (Wildman–Crippen LogP) is 5.13. The number of piperazine rings is 1. The van der Waals surface area contributed by atoms with Crippen LogP contribution in [0.25, 0.3) is 0 Å². The highest BCUT2D eigenvalue weighted by Gasteiger charge is 2.31. The van der Waals surface area contributed by atoms with Crippen LogP contribution in [0.3, 0.4) is 0 Å². The molecular weight excluding hydrogens is 511 g/mol. The van der Waals surface area contributed by atoms with Gasteiger partial charge < -0.3 is 20.3 Å². The van der Waals surface area contributed by atoms with Gasteiger partial charge in [-0.25, -0.2) is 4.98 Å². The summed E-state index contributed by atoms with van der Waals surface area (Å²) in [7, 11) is 0. The molecule has 5 rings (SSSR count). The van der Waals surface area contributed by atoms with E-state index in [0.717, 1.165) is 18.8 Å². The summed E-state index contributed by atoms with van der Waals surface area (Å²) in [5.41, 5.74) is 2.65. The van der Waals surface area contributed by atoms with Gasteiger partial charge in [0.2, 0.25) is 11.8 Å². The van der Waals surface area contributed by atoms with Gasteiger partial charge in [0, 0.05) is 42.7 Å². The number of carbonyl (C=O) groups excluding carboxylic acids is 1. The quantitative estimate of drug-likeness (QED) is 0.479. The van der Waals surface area contributed by atoms with Crippen LogP contribution in [0.5, 0.6) is 5.88 Å². The fourth-order valence-electron chi connectivity index (χ4n) is 4.17. The zero-order valence-electron chi connectivity index (χ0n) is 19.2. The second-order valence-electron chi connectivity index (χ2n) is 8.47. The molecule has 184 valence electrons. The monoisotopic (exact) mass is 534 g/mol. The largest absolute Gasteiger partial charge is 0.455 e. The van der Waals surface area contributed by atoms with Gasteiger partial charge in [-0.15, -0.1) is 12.4 Å². The van der Waals surface area contributed by atoms with E-state index >= 15 is 0 Å². The fourth-order valence-corrected chi connectivity index (χ4v) is 4.77. The third-order valence-electron chi connectivity index (χ3n) is 5.99. The van der Waals surface area contributed by atoms with Crippen molar-refractivity contribution < 1.29 is 9.53 Å². The van der Waals surface area contributed by atoms with Gasteiger partial charge in [0.05, 0.1) is 15.7 Å². The minimum atomic E-state index is -0.327. The van der Waals surface area contributed by atoms with Crippen LogP contribution in [0.1, 0.15) is 24.2 Å². The van der Waals surface area contributed by atoms with Crippen LogP contribution in [0.15, 0.2) is 48.7 Å². The van der Waals surface area contributed by atoms with Crippen molar-refractivity contribution in [1.82, 2.24) is 15.3 Å². The van der Waals surface area contributed by atoms with Crippen molar-refractivity contribution in [2.24, 2.45) is 0 Å². The highest BCUT2D eigenvalue weighted by molar-refractivity contribution is 6.40. The van der Waals surface area contributed by atoms with E-state index in [1.165, 1.54) is 16.8 Å². The van der Waals surface area contributed by atoms with Crippen LogP contribution in [-0.4, -0.2) is 47.8 Å². The van der Waals surface area contributed by atoms with Crippen LogP contribution < -0.4 is 25.2 Å². The Morgan fingerprint density at radius 3 is 2.54 bits per heavy atom. The molecule has 0 radical (unpaired) electrons. The van der Waals surface area contributed by atoms with Crippen LogP contribution in [0.4, 0.5) is 23.0 Å². The Morgan fingerprint density at radius 2 is 1.83 bits per heavy atom. The van der Waals surface area contributed by atoms with Gasteiger partial charge in [0.25, 0.3) is 5.91 Å². The normalized spacial score (nSPS) is 19.5. The predicted molar refractivity (Wildman–Crippen MR) is 142 cm³/mol. The first-order valence-corrected chi connectivity index (χ1v) is 11.8. The Balaban J connectivity index is 0.00000289. The van der Waals surface area contributed by atoms with Gasteiger partial charge in [0.15, 0.2) is 6.73 Å². The summed E-state index contributed by atoms with van der Waals surface area (Å²) in [4.78, 5) is 25.5. The number of fused-ring (bicyclic) bond motifs is 1. The standard InChI is InChI=1S/C24H24Cl2N6O2.ClH/c1-14-12-31(15(2)10-27-14)17-8-6-16(7-9-17)29-24-28-11-18-22(30-24)34-13-32(23(18)33)21-19(25)4-3-5-20(21)26;/h3-9,11,14-15,27H,10,12-13H2,1-2H3,(H,28,29,30);1H/t14-,15+;/m0./s1. The average Bonchev–Trinajstić information content (AvgIpc) is 2.82. The first-order valence-electron chi connectivity index (χ1n) is 11.0. The molecule has 2 atom stereocenters. The molecule has 2 N–H and O–H groups in total. The Kier molecular flexibility index (Phi) is 7.56. The van der Waals surface area contributed by atoms with Crippen LogP contribution in [0, 0.1) is 0 Å². The number of halogens is 3. The lowest BCUT2D eigenvalue weighted by molar-refractivity contribution is 0.0932. The number of nitrogens with one attached hydrogen (secondary N) is 2. The molecule has 3 aromatic rings. The molecule has 0 bridgehead atoms. The Labute approximate surface area is 220 Å². The Bertz CT molecular complexity index is 1210. The number of carbonyl (C=O) groups is 1. The summed E-state index contributed by atoms with van der Waals surface area (Å²) >= 11 is 12.5. The molecule has 1 amide bonds. The summed E-state index contributed by atoms with van der Waals surface area (Å²) in [6.07, 6.45) is 1.45. The van der Waals surface area contributed by atoms with E-state index < -0.39 is 0 Å². The highest BCUT2D eigenvalue weighted by Crippen LogP contribution is 2.37. The molecule has 2 aromatic carbocycles. The van der Waals surface area contributed by atoms with Gasteiger partial charge in [0.1, 0.15) is 5.56 Å². The molecular formula is C24H25Cl3N6O2. The molecule has 0 spiro atoms. The highest BCUT2D eigenvalue weighted by atomic mass is 35.5. The SMILES string of the molecule is C[C@@H]1CN[C@@H](C)CN1c1ccc(Nc2ncc3c(n2)OCN(c2c(Cl)cccc2Cl)C3=O)cc1.Cl. The molecule has 3 heterocycles. The molecule has 2 aliphatic heterocycles. The zero-order valence-corrected chi connectivity index (χ0v) is 21.5. The van der Waals surface area contributed by atoms with Crippen molar-refractivity contribution in [3.05, 3.63) is 64.3 Å². The number of hydrogen-bond acceptors (Lipinski definition) is 7. The van der Waals surface area contributed by atoms with Crippen molar-refractivity contribution in [3.8, 4) is 5.88 Å². The lowest BCUT2D eigenvalue weighted by atomic mass is 10.1. The van der Waals surface area contributed by atoms with Crippen molar-refractivity contribution >= 4 is 64.5 Å². The summed E-state index contributed by atoms with van der Waals surface area (Å²) in [5, 5.41) is 7.40. The first-order chi connectivity index (χ1) is 16.4. The number of anilines is 4. The molecule has 1 saturated heterocycles. The first kappa shape index (κ1) is 25.3. The minimum Gasteiger partial charge on any atom is -0.455 e. The number of aromatic nitrogens is 2. The lowest BCUT2D eigenvalue weighted by Crippen LogP contribution is -2.54. The van der Waals surface area contributed by atoms with Crippen LogP contribution in [-0.2, 0) is 0 Å². The van der Waals surface area contributed by atoms with Crippen LogP contribution >= 0.6 is 35.6 Å². The van der Waals surface area contributed by atoms with E-state index in [2.05, 4.69) is 51.5 Å². The number of ether oxygens (including phenoxy) is 1. The summed E-state index contributed by atoms with van der Waals surface area (Å²) in [6, 6.07) is 14.1. The maximum Gasteiger partial charge on any atom is 0.268 e. The van der Waals surface area contributed by atoms with Gasteiger partial charge >= 0.3 is 0 Å². The molecule has 2 aliphatic rings. The van der Waals surface area contributed by atoms with Gasteiger partial charge in [-0.3, -0.25) is 9.69 Å². The summed E-state index contributed by atoms with van der Waals surface area (Å²) in [5.74, 6) is 0.224. The fraction of sp³-hybridized carbons (Fsp3) is 0.292. The lowest BCUT2D eigenvalue weighted by Gasteiger charge is -2.39. The average molecular weight is 536 g/mol. The number of benzene rings is 2. The van der Waals surface area contributed by atoms with Crippen molar-refractivity contribution in [2.45, 2.75) is 25.9 Å². The van der Waals surface area contributed by atoms with E-state index in [4.69, 9.17) is 27.9 Å². The van der Waals surface area contributed by atoms with E-state index in [0.29, 0.717) is 33.8 Å². The Morgan fingerprint density at radius 1 is 1.11 bits per heavy atom. The zero-order chi connectivity index (χ0) is 23.8. The molecule has 8 nitrogen and oxygen atoms in total. The minimum absolute atomic E-state index is 0. The Hall–Kier alpha value is -2.78. The van der Waals surface area contributed by atoms with Crippen molar-refractivity contribution in [3.63, 3.8) is 0 Å². The van der Waals surface area contributed by atoms with E-state index in [9.17, 15) is 4.79 Å². The van der Waals surface area contributed by atoms with Gasteiger partial charge in [-0.05, 0) is 50.2 Å². The van der Waals surface area contributed by atoms with Crippen molar-refractivity contribution in [1.29, 1.82) is 0 Å². The third kappa shape index (κ3) is 5.11. The molecule has 1 fully saturated rings. The van der Waals surface area contributed by atoms with E-state index in [1.54, 1.807) is 18.2 Å². The molecule has 1 aromatic heterocycles. The molecule has 35 heavy (non-hydrogen) atoms. The maximum atomic E-state index is 13.0. The van der Waals surface area contributed by atoms with E-state index in [1.807, 2.05) is 12.1 Å². The van der Waals surface area contributed by atoms with Crippen molar-refractivity contribution in [2.75, 3.05) is 34.9 Å². The molecule has 0 saturated carbocycles. The number of hydrogen-bond donors (Lipinski definition) is 2. The molecule has 0 unspecified atom stereocenters. The third-order valence-corrected chi connectivity index (χ3v) is 6.60. The number of nitrogens with zero attached hydrogens (tertiary/aromatic N) is 4. The molecule has 11 heteroatoms. The smallest absolute Gasteiger partial charge is 0.268 e. The maximum absolute atomic E-state index is 13.0. The number of rotatable bonds is 4. The topological polar surface area (TPSA) is 82.6 Å². The second-order valence-corrected chi connectivity index (χ2v) is 9.29. The number of para-hydroxylation sites is 1. The van der Waals surface area contributed by atoms with Crippen LogP contribution in [0.2, 0.25) is 10.0 Å². The van der Waals surface area contributed by atoms with Gasteiger partial charge in [-0.2, -0.15) is 4.98 Å². The van der Waals surface area contributed by atoms with Gasteiger partial charge in [-0.1, -0.05) is 29.3 Å². The summed E-state index contributed by atoms with van der Waals surface area (Å²) < 4.78 is 5.75. The number of amides is 1.